The zero-order chi connectivity index (χ0) is 11.8. The molecule has 0 radical (unpaired) electrons. The second-order valence-electron chi connectivity index (χ2n) is 3.96. The van der Waals surface area contributed by atoms with Gasteiger partial charge in [-0.05, 0) is 19.5 Å². The van der Waals surface area contributed by atoms with Gasteiger partial charge in [0.05, 0.1) is 16.8 Å². The summed E-state index contributed by atoms with van der Waals surface area (Å²) in [5.41, 5.74) is 7.64. The highest BCUT2D eigenvalue weighted by Gasteiger charge is 2.10. The SMILES string of the molecule is Cc1[nH]nc2sc(-c3cnc(CCN)[nH]3)cc12. The summed E-state index contributed by atoms with van der Waals surface area (Å²) < 4.78 is 0. The van der Waals surface area contributed by atoms with Gasteiger partial charge in [-0.25, -0.2) is 4.98 Å². The van der Waals surface area contributed by atoms with E-state index in [4.69, 9.17) is 5.73 Å². The first-order valence-corrected chi connectivity index (χ1v) is 6.28. The fourth-order valence-corrected chi connectivity index (χ4v) is 2.82. The molecular weight excluding hydrogens is 234 g/mol. The highest BCUT2D eigenvalue weighted by molar-refractivity contribution is 7.21. The number of nitrogens with zero attached hydrogens (tertiary/aromatic N) is 2. The predicted octanol–water partition coefficient (Wildman–Crippen LogP) is 1.82. The fourth-order valence-electron chi connectivity index (χ4n) is 1.81. The van der Waals surface area contributed by atoms with Crippen LogP contribution in [0, 0.1) is 6.92 Å². The predicted molar refractivity (Wildman–Crippen MR) is 69.0 cm³/mol. The van der Waals surface area contributed by atoms with E-state index in [1.165, 1.54) is 5.39 Å². The topological polar surface area (TPSA) is 83.4 Å². The molecule has 6 heteroatoms. The van der Waals surface area contributed by atoms with Gasteiger partial charge >= 0.3 is 0 Å². The summed E-state index contributed by atoms with van der Waals surface area (Å²) >= 11 is 1.66. The number of nitrogens with one attached hydrogen (secondary N) is 2. The van der Waals surface area contributed by atoms with E-state index in [0.29, 0.717) is 6.54 Å². The number of nitrogens with two attached hydrogens (primary N) is 1. The van der Waals surface area contributed by atoms with E-state index < -0.39 is 0 Å². The Balaban J connectivity index is 2.01. The molecule has 0 bridgehead atoms. The van der Waals surface area contributed by atoms with Gasteiger partial charge in [-0.3, -0.25) is 5.10 Å². The van der Waals surface area contributed by atoms with Crippen LogP contribution in [-0.4, -0.2) is 26.7 Å². The molecule has 3 heterocycles. The Labute approximate surface area is 102 Å². The number of aromatic nitrogens is 4. The number of H-pyrrole nitrogens is 2. The highest BCUT2D eigenvalue weighted by Crippen LogP contribution is 2.32. The van der Waals surface area contributed by atoms with Crippen molar-refractivity contribution in [1.82, 2.24) is 20.2 Å². The monoisotopic (exact) mass is 247 g/mol. The van der Waals surface area contributed by atoms with E-state index in [9.17, 15) is 0 Å². The molecule has 0 saturated heterocycles. The molecule has 0 aliphatic heterocycles. The van der Waals surface area contributed by atoms with Crippen molar-refractivity contribution in [3.05, 3.63) is 23.8 Å². The van der Waals surface area contributed by atoms with Crippen molar-refractivity contribution in [2.24, 2.45) is 5.73 Å². The molecule has 5 nitrogen and oxygen atoms in total. The van der Waals surface area contributed by atoms with Gasteiger partial charge in [0, 0.05) is 17.5 Å². The smallest absolute Gasteiger partial charge is 0.146 e. The van der Waals surface area contributed by atoms with Crippen molar-refractivity contribution in [2.75, 3.05) is 6.54 Å². The van der Waals surface area contributed by atoms with E-state index in [1.807, 2.05) is 13.1 Å². The molecule has 17 heavy (non-hydrogen) atoms. The summed E-state index contributed by atoms with van der Waals surface area (Å²) in [6.45, 7) is 2.64. The maximum atomic E-state index is 5.50. The molecule has 3 aromatic rings. The van der Waals surface area contributed by atoms with Crippen LogP contribution in [0.15, 0.2) is 12.3 Å². The van der Waals surface area contributed by atoms with Crippen molar-refractivity contribution in [2.45, 2.75) is 13.3 Å². The lowest BCUT2D eigenvalue weighted by Crippen LogP contribution is -2.03. The Kier molecular flexibility index (Phi) is 2.45. The quantitative estimate of drug-likeness (QED) is 0.660. The third-order valence-electron chi connectivity index (χ3n) is 2.72. The average molecular weight is 247 g/mol. The summed E-state index contributed by atoms with van der Waals surface area (Å²) in [5, 5.41) is 8.41. The maximum Gasteiger partial charge on any atom is 0.146 e. The molecule has 3 aromatic heterocycles. The first-order valence-electron chi connectivity index (χ1n) is 5.47. The first kappa shape index (κ1) is 10.5. The summed E-state index contributed by atoms with van der Waals surface area (Å²) in [5.74, 6) is 0.937. The molecule has 4 N–H and O–H groups in total. The zero-order valence-corrected chi connectivity index (χ0v) is 10.3. The maximum absolute atomic E-state index is 5.50. The third-order valence-corrected chi connectivity index (χ3v) is 3.78. The van der Waals surface area contributed by atoms with Crippen molar-refractivity contribution < 1.29 is 0 Å². The number of rotatable bonds is 3. The molecule has 0 aliphatic rings. The first-order chi connectivity index (χ1) is 8.28. The third kappa shape index (κ3) is 1.75. The number of imidazole rings is 1. The second-order valence-corrected chi connectivity index (χ2v) is 4.99. The lowest BCUT2D eigenvalue weighted by molar-refractivity contribution is 0.895. The van der Waals surface area contributed by atoms with Gasteiger partial charge in [-0.2, -0.15) is 5.10 Å². The Hall–Kier alpha value is -1.66. The fraction of sp³-hybridized carbons (Fsp3) is 0.273. The van der Waals surface area contributed by atoms with E-state index >= 15 is 0 Å². The lowest BCUT2D eigenvalue weighted by atomic mass is 10.3. The summed E-state index contributed by atoms with van der Waals surface area (Å²) in [4.78, 5) is 9.78. The number of hydrogen-bond acceptors (Lipinski definition) is 4. The van der Waals surface area contributed by atoms with Gasteiger partial charge in [0.1, 0.15) is 10.7 Å². The van der Waals surface area contributed by atoms with Crippen LogP contribution in [0.3, 0.4) is 0 Å². The van der Waals surface area contributed by atoms with Crippen molar-refractivity contribution >= 4 is 21.6 Å². The largest absolute Gasteiger partial charge is 0.341 e. The van der Waals surface area contributed by atoms with E-state index in [0.717, 1.165) is 33.3 Å². The van der Waals surface area contributed by atoms with E-state index in [2.05, 4.69) is 26.2 Å². The molecule has 0 atom stereocenters. The van der Waals surface area contributed by atoms with Crippen LogP contribution in [0.25, 0.3) is 20.8 Å². The molecule has 88 valence electrons. The lowest BCUT2D eigenvalue weighted by Gasteiger charge is -1.91. The standard InChI is InChI=1S/C11H13N5S/c1-6-7-4-9(17-11(7)16-15-6)8-5-13-10(14-8)2-3-12/h4-5H,2-3,12H2,1H3,(H,13,14)(H,15,16). The Morgan fingerprint density at radius 2 is 2.35 bits per heavy atom. The van der Waals surface area contributed by atoms with Crippen molar-refractivity contribution in [1.29, 1.82) is 0 Å². The molecule has 0 spiro atoms. The molecule has 0 amide bonds. The van der Waals surface area contributed by atoms with Crippen LogP contribution in [0.2, 0.25) is 0 Å². The van der Waals surface area contributed by atoms with E-state index in [1.54, 1.807) is 11.3 Å². The molecule has 0 aromatic carbocycles. The molecule has 0 fully saturated rings. The van der Waals surface area contributed by atoms with Crippen LogP contribution in [-0.2, 0) is 6.42 Å². The number of aryl methyl sites for hydroxylation is 1. The zero-order valence-electron chi connectivity index (χ0n) is 9.45. The summed E-state index contributed by atoms with van der Waals surface area (Å²) in [6.07, 6.45) is 2.64. The van der Waals surface area contributed by atoms with Crippen molar-refractivity contribution in [3.8, 4) is 10.6 Å². The highest BCUT2D eigenvalue weighted by atomic mass is 32.1. The molecule has 0 aliphatic carbocycles. The number of aromatic amines is 2. The van der Waals surface area contributed by atoms with Gasteiger partial charge in [0.2, 0.25) is 0 Å². The normalized spacial score (nSPS) is 11.4. The Morgan fingerprint density at radius 1 is 1.47 bits per heavy atom. The van der Waals surface area contributed by atoms with E-state index in [-0.39, 0.29) is 0 Å². The van der Waals surface area contributed by atoms with Crippen molar-refractivity contribution in [3.63, 3.8) is 0 Å². The summed E-state index contributed by atoms with van der Waals surface area (Å²) in [7, 11) is 0. The van der Waals surface area contributed by atoms with Gasteiger partial charge in [0.25, 0.3) is 0 Å². The second kappa shape index (κ2) is 3.97. The summed E-state index contributed by atoms with van der Waals surface area (Å²) in [6, 6.07) is 2.14. The molecular formula is C11H13N5S. The van der Waals surface area contributed by atoms with Crippen LogP contribution in [0.1, 0.15) is 11.5 Å². The average Bonchev–Trinajstić information content (AvgIpc) is 2.96. The number of fused-ring (bicyclic) bond motifs is 1. The molecule has 0 saturated carbocycles. The minimum atomic E-state index is 0.611. The molecule has 3 rings (SSSR count). The van der Waals surface area contributed by atoms with Crippen LogP contribution in [0.5, 0.6) is 0 Å². The van der Waals surface area contributed by atoms with Crippen LogP contribution in [0.4, 0.5) is 0 Å². The minimum Gasteiger partial charge on any atom is -0.341 e. The number of hydrogen-bond donors (Lipinski definition) is 3. The van der Waals surface area contributed by atoms with Gasteiger partial charge < -0.3 is 10.7 Å². The van der Waals surface area contributed by atoms with Gasteiger partial charge in [0.15, 0.2) is 0 Å². The Morgan fingerprint density at radius 3 is 3.12 bits per heavy atom. The van der Waals surface area contributed by atoms with Crippen LogP contribution < -0.4 is 5.73 Å². The van der Waals surface area contributed by atoms with Gasteiger partial charge in [-0.15, -0.1) is 11.3 Å². The number of thiophene rings is 1. The van der Waals surface area contributed by atoms with Crippen LogP contribution >= 0.6 is 11.3 Å². The molecule has 0 unspecified atom stereocenters. The van der Waals surface area contributed by atoms with Gasteiger partial charge in [-0.1, -0.05) is 0 Å². The Bertz CT molecular complexity index is 648. The minimum absolute atomic E-state index is 0.611.